The molecule has 31 heavy (non-hydrogen) atoms. The van der Waals surface area contributed by atoms with Crippen LogP contribution in [0.3, 0.4) is 0 Å². The molecule has 6 nitrogen and oxygen atoms in total. The Hall–Kier alpha value is -2.00. The monoisotopic (exact) mass is 536 g/mol. The van der Waals surface area contributed by atoms with E-state index in [0.29, 0.717) is 19.3 Å². The number of aliphatic imine (C=N–C) groups is 1. The SMILES string of the molecule is CCNC(=NCc1ccc2c(c1)OCO2)NCC1CCN(CCc2ccccc2)C1.I. The van der Waals surface area contributed by atoms with Crippen molar-refractivity contribution in [1.29, 1.82) is 0 Å². The standard InChI is InChI=1S/C24H32N4O2.HI/c1-2-25-24(26-15-20-8-9-22-23(14-20)30-18-29-22)27-16-21-11-13-28(17-21)12-10-19-6-4-3-5-7-19;/h3-9,14,21H,2,10-13,15-18H2,1H3,(H2,25,26,27);1H. The minimum Gasteiger partial charge on any atom is -0.454 e. The molecule has 2 heterocycles. The summed E-state index contributed by atoms with van der Waals surface area (Å²) in [5, 5.41) is 6.89. The fourth-order valence-electron chi connectivity index (χ4n) is 4.01. The van der Waals surface area contributed by atoms with E-state index in [-0.39, 0.29) is 24.0 Å². The number of nitrogens with one attached hydrogen (secondary N) is 2. The number of nitrogens with zero attached hydrogens (tertiary/aromatic N) is 2. The lowest BCUT2D eigenvalue weighted by Crippen LogP contribution is -2.40. The van der Waals surface area contributed by atoms with Crippen molar-refractivity contribution in [3.05, 3.63) is 59.7 Å². The van der Waals surface area contributed by atoms with Gasteiger partial charge in [-0.05, 0) is 55.5 Å². The molecule has 0 bridgehead atoms. The number of guanidine groups is 1. The maximum Gasteiger partial charge on any atom is 0.231 e. The number of likely N-dealkylation sites (tertiary alicyclic amines) is 1. The number of ether oxygens (including phenoxy) is 2. The zero-order chi connectivity index (χ0) is 20.6. The van der Waals surface area contributed by atoms with Crippen LogP contribution < -0.4 is 20.1 Å². The van der Waals surface area contributed by atoms with E-state index < -0.39 is 0 Å². The second-order valence-electron chi connectivity index (χ2n) is 7.95. The van der Waals surface area contributed by atoms with Crippen LogP contribution in [0.5, 0.6) is 11.5 Å². The first kappa shape index (κ1) is 23.7. The first-order chi connectivity index (χ1) is 14.8. The molecular formula is C24H33IN4O2. The zero-order valence-electron chi connectivity index (χ0n) is 18.2. The first-order valence-electron chi connectivity index (χ1n) is 11.0. The summed E-state index contributed by atoms with van der Waals surface area (Å²) in [6, 6.07) is 16.8. The highest BCUT2D eigenvalue weighted by Crippen LogP contribution is 2.32. The van der Waals surface area contributed by atoms with Crippen LogP contribution in [-0.2, 0) is 13.0 Å². The van der Waals surface area contributed by atoms with Crippen LogP contribution in [0.1, 0.15) is 24.5 Å². The van der Waals surface area contributed by atoms with Crippen molar-refractivity contribution in [3.8, 4) is 11.5 Å². The Morgan fingerprint density at radius 2 is 1.90 bits per heavy atom. The topological polar surface area (TPSA) is 58.1 Å². The van der Waals surface area contributed by atoms with Gasteiger partial charge in [0.1, 0.15) is 0 Å². The number of fused-ring (bicyclic) bond motifs is 1. The summed E-state index contributed by atoms with van der Waals surface area (Å²) in [5.74, 6) is 3.15. The third kappa shape index (κ3) is 7.00. The Morgan fingerprint density at radius 3 is 2.74 bits per heavy atom. The maximum atomic E-state index is 5.46. The molecule has 1 atom stereocenters. The molecule has 0 aliphatic carbocycles. The fraction of sp³-hybridized carbons (Fsp3) is 0.458. The molecule has 2 aliphatic heterocycles. The average Bonchev–Trinajstić information content (AvgIpc) is 3.44. The predicted octanol–water partition coefficient (Wildman–Crippen LogP) is 3.65. The quantitative estimate of drug-likeness (QED) is 0.307. The summed E-state index contributed by atoms with van der Waals surface area (Å²) < 4.78 is 10.8. The Kier molecular flexibility index (Phi) is 9.27. The molecule has 4 rings (SSSR count). The lowest BCUT2D eigenvalue weighted by molar-refractivity contribution is 0.174. The third-order valence-electron chi connectivity index (χ3n) is 5.69. The molecule has 2 aromatic rings. The van der Waals surface area contributed by atoms with E-state index in [1.165, 1.54) is 18.5 Å². The molecule has 0 radical (unpaired) electrons. The highest BCUT2D eigenvalue weighted by molar-refractivity contribution is 14.0. The highest BCUT2D eigenvalue weighted by atomic mass is 127. The smallest absolute Gasteiger partial charge is 0.231 e. The lowest BCUT2D eigenvalue weighted by atomic mass is 10.1. The van der Waals surface area contributed by atoms with Crippen LogP contribution >= 0.6 is 24.0 Å². The van der Waals surface area contributed by atoms with Crippen LogP contribution in [0, 0.1) is 5.92 Å². The number of rotatable bonds is 8. The Bertz CT molecular complexity index is 847. The van der Waals surface area contributed by atoms with Crippen molar-refractivity contribution in [1.82, 2.24) is 15.5 Å². The van der Waals surface area contributed by atoms with Gasteiger partial charge in [0, 0.05) is 26.2 Å². The Balaban J connectivity index is 0.00000272. The maximum absolute atomic E-state index is 5.46. The number of hydrogen-bond acceptors (Lipinski definition) is 4. The molecule has 2 aromatic carbocycles. The van der Waals surface area contributed by atoms with E-state index in [4.69, 9.17) is 14.5 Å². The molecule has 2 aliphatic rings. The van der Waals surface area contributed by atoms with E-state index in [0.717, 1.165) is 55.6 Å². The van der Waals surface area contributed by atoms with Crippen LogP contribution in [0.15, 0.2) is 53.5 Å². The van der Waals surface area contributed by atoms with Gasteiger partial charge in [-0.25, -0.2) is 4.99 Å². The molecule has 2 N–H and O–H groups in total. The summed E-state index contributed by atoms with van der Waals surface area (Å²) in [4.78, 5) is 7.33. The zero-order valence-corrected chi connectivity index (χ0v) is 20.5. The average molecular weight is 536 g/mol. The number of halogens is 1. The van der Waals surface area contributed by atoms with Gasteiger partial charge in [0.2, 0.25) is 6.79 Å². The summed E-state index contributed by atoms with van der Waals surface area (Å²) >= 11 is 0. The molecule has 0 aromatic heterocycles. The van der Waals surface area contributed by atoms with Crippen molar-refractivity contribution in [2.75, 3.05) is 39.5 Å². The van der Waals surface area contributed by atoms with Crippen molar-refractivity contribution in [3.63, 3.8) is 0 Å². The molecule has 168 valence electrons. The van der Waals surface area contributed by atoms with Gasteiger partial charge < -0.3 is 25.0 Å². The molecular weight excluding hydrogens is 503 g/mol. The minimum atomic E-state index is 0. The van der Waals surface area contributed by atoms with E-state index in [1.807, 2.05) is 18.2 Å². The minimum absolute atomic E-state index is 0. The molecule has 1 fully saturated rings. The van der Waals surface area contributed by atoms with E-state index >= 15 is 0 Å². The molecule has 7 heteroatoms. The highest BCUT2D eigenvalue weighted by Gasteiger charge is 2.22. The fourth-order valence-corrected chi connectivity index (χ4v) is 4.01. The Morgan fingerprint density at radius 1 is 1.06 bits per heavy atom. The Labute approximate surface area is 202 Å². The van der Waals surface area contributed by atoms with Crippen molar-refractivity contribution < 1.29 is 9.47 Å². The summed E-state index contributed by atoms with van der Waals surface area (Å²) in [7, 11) is 0. The van der Waals surface area contributed by atoms with Gasteiger partial charge in [0.05, 0.1) is 6.54 Å². The van der Waals surface area contributed by atoms with Gasteiger partial charge in [-0.3, -0.25) is 0 Å². The second-order valence-corrected chi connectivity index (χ2v) is 7.95. The lowest BCUT2D eigenvalue weighted by Gasteiger charge is -2.17. The van der Waals surface area contributed by atoms with E-state index in [2.05, 4.69) is 52.8 Å². The van der Waals surface area contributed by atoms with Crippen LogP contribution in [0.25, 0.3) is 0 Å². The molecule has 0 spiro atoms. The normalized spacial score (nSPS) is 18.0. The summed E-state index contributed by atoms with van der Waals surface area (Å²) in [5.41, 5.74) is 2.54. The molecule has 0 amide bonds. The first-order valence-corrected chi connectivity index (χ1v) is 11.0. The van der Waals surface area contributed by atoms with Crippen LogP contribution in [-0.4, -0.2) is 50.4 Å². The second kappa shape index (κ2) is 12.1. The van der Waals surface area contributed by atoms with Crippen molar-refractivity contribution >= 4 is 29.9 Å². The van der Waals surface area contributed by atoms with Gasteiger partial charge >= 0.3 is 0 Å². The van der Waals surface area contributed by atoms with Gasteiger partial charge in [-0.15, -0.1) is 24.0 Å². The number of benzene rings is 2. The summed E-state index contributed by atoms with van der Waals surface area (Å²) in [6.45, 7) is 8.29. The van der Waals surface area contributed by atoms with Gasteiger partial charge in [-0.2, -0.15) is 0 Å². The van der Waals surface area contributed by atoms with E-state index in [9.17, 15) is 0 Å². The van der Waals surface area contributed by atoms with E-state index in [1.54, 1.807) is 0 Å². The van der Waals surface area contributed by atoms with Crippen molar-refractivity contribution in [2.45, 2.75) is 26.3 Å². The van der Waals surface area contributed by atoms with Gasteiger partial charge in [-0.1, -0.05) is 36.4 Å². The van der Waals surface area contributed by atoms with Crippen molar-refractivity contribution in [2.24, 2.45) is 10.9 Å². The third-order valence-corrected chi connectivity index (χ3v) is 5.69. The van der Waals surface area contributed by atoms with Crippen LogP contribution in [0.2, 0.25) is 0 Å². The van der Waals surface area contributed by atoms with Crippen LogP contribution in [0.4, 0.5) is 0 Å². The largest absolute Gasteiger partial charge is 0.454 e. The summed E-state index contributed by atoms with van der Waals surface area (Å²) in [6.07, 6.45) is 2.37. The molecule has 0 saturated carbocycles. The predicted molar refractivity (Wildman–Crippen MR) is 135 cm³/mol. The molecule has 1 saturated heterocycles. The van der Waals surface area contributed by atoms with Gasteiger partial charge in [0.25, 0.3) is 0 Å². The number of hydrogen-bond donors (Lipinski definition) is 2. The molecule has 1 unspecified atom stereocenters. The van der Waals surface area contributed by atoms with Gasteiger partial charge in [0.15, 0.2) is 17.5 Å².